The van der Waals surface area contributed by atoms with E-state index in [0.717, 1.165) is 35.1 Å². The largest absolute Gasteiger partial charge is 2.00 e. The Kier molecular flexibility index (Phi) is 20.1. The SMILES string of the molecule is CC(C)(C)c1cc(Cc2ccccc2)cc(C(C)(C)C)c1O.CC(C)(C)c1cc(Cc2ccccc2)cc(C(C)(C)C)c1O.O=[PH2][O-].O=[PH2][O-].[Ni+2]. The number of hydrogen-bond donors (Lipinski definition) is 2. The van der Waals surface area contributed by atoms with Gasteiger partial charge in [0.05, 0.1) is 0 Å². The van der Waals surface area contributed by atoms with Crippen LogP contribution in [0.4, 0.5) is 0 Å². The van der Waals surface area contributed by atoms with Crippen molar-refractivity contribution in [1.82, 2.24) is 0 Å². The van der Waals surface area contributed by atoms with Gasteiger partial charge in [0.25, 0.3) is 0 Å². The second-order valence-corrected chi connectivity index (χ2v) is 17.0. The van der Waals surface area contributed by atoms with Crippen LogP contribution >= 0.6 is 17.4 Å². The molecule has 284 valence electrons. The Morgan fingerprint density at radius 1 is 0.451 bits per heavy atom. The Bertz CT molecular complexity index is 1450. The van der Waals surface area contributed by atoms with Crippen LogP contribution in [0.25, 0.3) is 0 Å². The molecule has 51 heavy (non-hydrogen) atoms. The molecule has 0 saturated carbocycles. The van der Waals surface area contributed by atoms with E-state index in [4.69, 9.17) is 18.9 Å². The van der Waals surface area contributed by atoms with Crippen LogP contribution in [0.1, 0.15) is 128 Å². The zero-order valence-electron chi connectivity index (χ0n) is 32.5. The van der Waals surface area contributed by atoms with E-state index in [1.807, 2.05) is 12.1 Å². The van der Waals surface area contributed by atoms with Crippen LogP contribution in [0, 0.1) is 0 Å². The summed E-state index contributed by atoms with van der Waals surface area (Å²) in [7, 11) is -3.50. The molecular formula is C42H60NiO6P2. The number of aromatic hydroxyl groups is 2. The third kappa shape index (κ3) is 16.3. The van der Waals surface area contributed by atoms with Gasteiger partial charge >= 0.3 is 16.5 Å². The van der Waals surface area contributed by atoms with Crippen molar-refractivity contribution in [2.24, 2.45) is 0 Å². The van der Waals surface area contributed by atoms with Crippen molar-refractivity contribution in [2.75, 3.05) is 0 Å². The molecule has 2 unspecified atom stereocenters. The smallest absolute Gasteiger partial charge is 0.804 e. The van der Waals surface area contributed by atoms with Crippen molar-refractivity contribution in [3.05, 3.63) is 129 Å². The molecule has 0 radical (unpaired) electrons. The zero-order chi connectivity index (χ0) is 38.5. The average Bonchev–Trinajstić information content (AvgIpc) is 2.99. The molecule has 0 saturated heterocycles. The van der Waals surface area contributed by atoms with E-state index in [9.17, 15) is 10.2 Å². The van der Waals surface area contributed by atoms with Crippen LogP contribution in [0.3, 0.4) is 0 Å². The number of rotatable bonds is 4. The van der Waals surface area contributed by atoms with Gasteiger partial charge in [0, 0.05) is 0 Å². The third-order valence-electron chi connectivity index (χ3n) is 8.07. The molecule has 4 rings (SSSR count). The van der Waals surface area contributed by atoms with Crippen LogP contribution in [-0.4, -0.2) is 10.2 Å². The molecular weight excluding hydrogens is 721 g/mol. The van der Waals surface area contributed by atoms with Crippen LogP contribution in [-0.2, 0) is 60.1 Å². The first-order chi connectivity index (χ1) is 23.0. The summed E-state index contributed by atoms with van der Waals surface area (Å²) < 4.78 is 16.9. The number of phenolic OH excluding ortho intramolecular Hbond substituents is 2. The number of benzene rings is 4. The normalized spacial score (nSPS) is 11.9. The van der Waals surface area contributed by atoms with Crippen molar-refractivity contribution in [2.45, 2.75) is 118 Å². The standard InChI is InChI=1S/2C21H28O.Ni.2H3O2P/c2*1-20(2,3)17-13-16(12-15-10-8-7-9-11-15)14-18(19(17)22)21(4,5)6;;2*1-3-2/h2*7-11,13-14,22H,12H2,1-6H3;;2*3H2,(H,1,2)/q;;+2;;/p-2. The average molecular weight is 782 g/mol. The van der Waals surface area contributed by atoms with Crippen molar-refractivity contribution in [1.29, 1.82) is 0 Å². The molecule has 0 heterocycles. The van der Waals surface area contributed by atoms with Gasteiger partial charge in [-0.1, -0.05) is 168 Å². The Hall–Kier alpha value is -2.65. The molecule has 4 aromatic rings. The van der Waals surface area contributed by atoms with Gasteiger partial charge in [-0.15, -0.1) is 0 Å². The van der Waals surface area contributed by atoms with Crippen LogP contribution in [0.2, 0.25) is 0 Å². The van der Waals surface area contributed by atoms with E-state index >= 15 is 0 Å². The molecule has 6 nitrogen and oxygen atoms in total. The zero-order valence-corrected chi connectivity index (χ0v) is 35.8. The summed E-state index contributed by atoms with van der Waals surface area (Å²) in [6.45, 7) is 25.8. The van der Waals surface area contributed by atoms with E-state index in [1.54, 1.807) is 0 Å². The molecule has 2 N–H and O–H groups in total. The van der Waals surface area contributed by atoms with E-state index in [2.05, 4.69) is 156 Å². The summed E-state index contributed by atoms with van der Waals surface area (Å²) in [6, 6.07) is 29.7. The molecule has 0 fully saturated rings. The van der Waals surface area contributed by atoms with Gasteiger partial charge < -0.3 is 29.1 Å². The maximum atomic E-state index is 10.8. The topological polar surface area (TPSA) is 121 Å². The molecule has 0 aliphatic carbocycles. The third-order valence-corrected chi connectivity index (χ3v) is 8.07. The summed E-state index contributed by atoms with van der Waals surface area (Å²) >= 11 is 0. The van der Waals surface area contributed by atoms with Crippen molar-refractivity contribution < 1.29 is 45.6 Å². The van der Waals surface area contributed by atoms with Gasteiger partial charge in [0.2, 0.25) is 0 Å². The minimum absolute atomic E-state index is 0. The molecule has 0 aliphatic rings. The van der Waals surface area contributed by atoms with Crippen molar-refractivity contribution >= 4 is 17.4 Å². The first kappa shape index (κ1) is 48.4. The molecule has 9 heteroatoms. The Morgan fingerprint density at radius 2 is 0.647 bits per heavy atom. The summed E-state index contributed by atoms with van der Waals surface area (Å²) in [4.78, 5) is 16.9. The maximum Gasteiger partial charge on any atom is 2.00 e. The Balaban J connectivity index is 0.000000835. The van der Waals surface area contributed by atoms with Gasteiger partial charge in [-0.2, -0.15) is 0 Å². The van der Waals surface area contributed by atoms with Crippen molar-refractivity contribution in [3.8, 4) is 11.5 Å². The molecule has 0 aromatic heterocycles. The van der Waals surface area contributed by atoms with Crippen LogP contribution in [0.15, 0.2) is 84.9 Å². The molecule has 0 aliphatic heterocycles. The second kappa shape index (κ2) is 21.2. The fourth-order valence-electron chi connectivity index (χ4n) is 5.54. The minimum atomic E-state index is -1.75. The Labute approximate surface area is 320 Å². The van der Waals surface area contributed by atoms with E-state index < -0.39 is 17.4 Å². The van der Waals surface area contributed by atoms with Crippen molar-refractivity contribution in [3.63, 3.8) is 0 Å². The quantitative estimate of drug-likeness (QED) is 0.157. The fraction of sp³-hybridized carbons (Fsp3) is 0.429. The number of phenols is 2. The minimum Gasteiger partial charge on any atom is -0.804 e. The van der Waals surface area contributed by atoms with Gasteiger partial charge in [-0.25, -0.2) is 0 Å². The molecule has 0 amide bonds. The first-order valence-electron chi connectivity index (χ1n) is 16.9. The first-order valence-corrected chi connectivity index (χ1v) is 18.8. The molecule has 2 atom stereocenters. The molecule has 0 spiro atoms. The summed E-state index contributed by atoms with van der Waals surface area (Å²) in [5, 5.41) is 21.5. The van der Waals surface area contributed by atoms with Gasteiger partial charge in [-0.3, -0.25) is 0 Å². The fourth-order valence-corrected chi connectivity index (χ4v) is 5.54. The second-order valence-electron chi connectivity index (χ2n) is 16.6. The Morgan fingerprint density at radius 3 is 0.824 bits per heavy atom. The van der Waals surface area contributed by atoms with Gasteiger partial charge in [0.1, 0.15) is 11.5 Å². The van der Waals surface area contributed by atoms with E-state index in [0.29, 0.717) is 11.5 Å². The summed E-state index contributed by atoms with van der Waals surface area (Å²) in [5.74, 6) is 0.911. The molecule has 0 bridgehead atoms. The number of hydrogen-bond acceptors (Lipinski definition) is 6. The summed E-state index contributed by atoms with van der Waals surface area (Å²) in [5.41, 5.74) is 8.97. The maximum absolute atomic E-state index is 10.8. The van der Waals surface area contributed by atoms with Crippen LogP contribution < -0.4 is 9.79 Å². The van der Waals surface area contributed by atoms with E-state index in [-0.39, 0.29) is 38.2 Å². The van der Waals surface area contributed by atoms with Gasteiger partial charge in [-0.05, 0) is 96.4 Å². The van der Waals surface area contributed by atoms with E-state index in [1.165, 1.54) is 22.3 Å². The molecule has 4 aromatic carbocycles. The predicted molar refractivity (Wildman–Crippen MR) is 210 cm³/mol. The predicted octanol–water partition coefficient (Wildman–Crippen LogP) is 9.19. The monoisotopic (exact) mass is 780 g/mol. The van der Waals surface area contributed by atoms with Crippen LogP contribution in [0.5, 0.6) is 11.5 Å². The summed E-state index contributed by atoms with van der Waals surface area (Å²) in [6.07, 6.45) is 1.79. The van der Waals surface area contributed by atoms with Gasteiger partial charge in [0.15, 0.2) is 0 Å².